The number of methoxy groups -OCH3 is 2. The summed E-state index contributed by atoms with van der Waals surface area (Å²) in [7, 11) is 3.18. The summed E-state index contributed by atoms with van der Waals surface area (Å²) in [4.78, 5) is 16.7. The molecule has 166 valence electrons. The minimum Gasteiger partial charge on any atom is -0.496 e. The van der Waals surface area contributed by atoms with Crippen LogP contribution in [-0.4, -0.2) is 38.6 Å². The van der Waals surface area contributed by atoms with E-state index < -0.39 is 0 Å². The number of nitrogens with one attached hydrogen (secondary N) is 2. The Hall–Kier alpha value is -4.04. The van der Waals surface area contributed by atoms with Crippen LogP contribution in [0.5, 0.6) is 11.5 Å². The van der Waals surface area contributed by atoms with Crippen LogP contribution in [0.2, 0.25) is 5.02 Å². The van der Waals surface area contributed by atoms with Crippen LogP contribution in [0.4, 0.5) is 5.69 Å². The van der Waals surface area contributed by atoms with E-state index in [4.69, 9.17) is 26.1 Å². The lowest BCUT2D eigenvalue weighted by Gasteiger charge is -2.10. The molecule has 0 amide bonds. The Bertz CT molecular complexity index is 1400. The number of fused-ring (bicyclic) bond motifs is 1. The number of hydrogen-bond acceptors (Lipinski definition) is 6. The number of rotatable bonds is 7. The second kappa shape index (κ2) is 8.84. The number of H-pyrrole nitrogens is 1. The lowest BCUT2D eigenvalue weighted by Crippen LogP contribution is -2.00. The monoisotopic (exact) mass is 460 g/mol. The number of anilines is 1. The molecule has 2 N–H and O–H groups in total. The van der Waals surface area contributed by atoms with Gasteiger partial charge in [0, 0.05) is 47.5 Å². The van der Waals surface area contributed by atoms with Gasteiger partial charge in [-0.2, -0.15) is 0 Å². The maximum Gasteiger partial charge on any atom is 0.141 e. The Balaban J connectivity index is 1.41. The quantitative estimate of drug-likeness (QED) is 0.352. The van der Waals surface area contributed by atoms with E-state index >= 15 is 0 Å². The number of halogens is 1. The largest absolute Gasteiger partial charge is 0.496 e. The summed E-state index contributed by atoms with van der Waals surface area (Å²) in [6, 6.07) is 13.6. The Kier molecular flexibility index (Phi) is 5.58. The molecular formula is C24H21ClN6O2. The fraction of sp³-hybridized carbons (Fsp3) is 0.125. The van der Waals surface area contributed by atoms with Gasteiger partial charge >= 0.3 is 0 Å². The number of imidazole rings is 2. The van der Waals surface area contributed by atoms with Gasteiger partial charge in [0.05, 0.1) is 37.2 Å². The summed E-state index contributed by atoms with van der Waals surface area (Å²) in [5, 5.41) is 3.83. The van der Waals surface area contributed by atoms with Crippen molar-refractivity contribution in [2.75, 3.05) is 19.5 Å². The van der Waals surface area contributed by atoms with Gasteiger partial charge in [0.2, 0.25) is 0 Å². The number of nitrogens with zero attached hydrogens (tertiary/aromatic N) is 4. The molecule has 9 heteroatoms. The molecule has 0 saturated carbocycles. The summed E-state index contributed by atoms with van der Waals surface area (Å²) >= 11 is 6.34. The molecule has 8 nitrogen and oxygen atoms in total. The maximum absolute atomic E-state index is 6.34. The van der Waals surface area contributed by atoms with Gasteiger partial charge in [-0.15, -0.1) is 0 Å². The van der Waals surface area contributed by atoms with E-state index in [-0.39, 0.29) is 0 Å². The van der Waals surface area contributed by atoms with Crippen LogP contribution in [0, 0.1) is 0 Å². The number of benzene rings is 2. The van der Waals surface area contributed by atoms with Gasteiger partial charge in [0.15, 0.2) is 0 Å². The van der Waals surface area contributed by atoms with E-state index in [2.05, 4.69) is 20.3 Å². The molecule has 0 unspecified atom stereocenters. The van der Waals surface area contributed by atoms with E-state index in [9.17, 15) is 0 Å². The summed E-state index contributed by atoms with van der Waals surface area (Å²) in [6.45, 7) is 0.631. The minimum atomic E-state index is 0.491. The molecule has 5 aromatic rings. The van der Waals surface area contributed by atoms with E-state index in [1.54, 1.807) is 38.9 Å². The topological polar surface area (TPSA) is 89.4 Å². The highest BCUT2D eigenvalue weighted by atomic mass is 35.5. The molecule has 33 heavy (non-hydrogen) atoms. The van der Waals surface area contributed by atoms with Gasteiger partial charge in [-0.25, -0.2) is 15.0 Å². The molecular weight excluding hydrogens is 440 g/mol. The number of aromatic amines is 1. The van der Waals surface area contributed by atoms with Crippen LogP contribution in [0.25, 0.3) is 28.2 Å². The maximum atomic E-state index is 6.34. The molecule has 0 fully saturated rings. The first kappa shape index (κ1) is 20.8. The van der Waals surface area contributed by atoms with Crippen molar-refractivity contribution in [2.45, 2.75) is 6.54 Å². The highest BCUT2D eigenvalue weighted by Crippen LogP contribution is 2.38. The molecule has 0 aliphatic heterocycles. The molecule has 0 aliphatic carbocycles. The summed E-state index contributed by atoms with van der Waals surface area (Å²) < 4.78 is 12.7. The summed E-state index contributed by atoms with van der Waals surface area (Å²) in [5.74, 6) is 2.06. The van der Waals surface area contributed by atoms with E-state index in [1.807, 2.05) is 47.1 Å². The average Bonchev–Trinajstić information content (AvgIpc) is 3.52. The van der Waals surface area contributed by atoms with Crippen LogP contribution in [0.1, 0.15) is 5.82 Å². The minimum absolute atomic E-state index is 0.491. The third kappa shape index (κ3) is 4.20. The first-order chi connectivity index (χ1) is 16.1. The third-order valence-electron chi connectivity index (χ3n) is 5.29. The van der Waals surface area contributed by atoms with E-state index in [1.165, 1.54) is 0 Å². The molecule has 2 aromatic carbocycles. The molecule has 5 rings (SSSR count). The third-order valence-corrected chi connectivity index (χ3v) is 5.59. The molecule has 0 radical (unpaired) electrons. The molecule has 3 aromatic heterocycles. The van der Waals surface area contributed by atoms with Crippen molar-refractivity contribution in [3.63, 3.8) is 0 Å². The predicted octanol–water partition coefficient (Wildman–Crippen LogP) is 5.07. The predicted molar refractivity (Wildman–Crippen MR) is 128 cm³/mol. The van der Waals surface area contributed by atoms with Gasteiger partial charge < -0.3 is 19.8 Å². The summed E-state index contributed by atoms with van der Waals surface area (Å²) in [5.41, 5.74) is 5.10. The molecule has 0 bridgehead atoms. The van der Waals surface area contributed by atoms with Crippen LogP contribution >= 0.6 is 11.6 Å². The van der Waals surface area contributed by atoms with Gasteiger partial charge in [0.1, 0.15) is 29.3 Å². The average molecular weight is 461 g/mol. The van der Waals surface area contributed by atoms with Crippen molar-refractivity contribution in [1.82, 2.24) is 24.3 Å². The van der Waals surface area contributed by atoms with Crippen molar-refractivity contribution in [2.24, 2.45) is 0 Å². The molecule has 0 spiro atoms. The standard InChI is InChI=1S/C24H21ClN6O2/c1-32-21-11-22(33-2)18(25)9-17(21)20-13-31-14-29-19(10-24(31)30-20)15-3-5-16(6-4-15)28-12-23-26-7-8-27-23/h3-11,13-14,28H,12H2,1-2H3,(H,26,27). The zero-order valence-electron chi connectivity index (χ0n) is 18.0. The van der Waals surface area contributed by atoms with E-state index in [0.29, 0.717) is 23.1 Å². The second-order valence-corrected chi connectivity index (χ2v) is 7.73. The van der Waals surface area contributed by atoms with Crippen molar-refractivity contribution in [3.8, 4) is 34.0 Å². The number of hydrogen-bond donors (Lipinski definition) is 2. The molecule has 0 atom stereocenters. The lowest BCUT2D eigenvalue weighted by molar-refractivity contribution is 0.395. The van der Waals surface area contributed by atoms with Crippen molar-refractivity contribution < 1.29 is 9.47 Å². The zero-order chi connectivity index (χ0) is 22.8. The van der Waals surface area contributed by atoms with Crippen LogP contribution < -0.4 is 14.8 Å². The first-order valence-corrected chi connectivity index (χ1v) is 10.6. The fourth-order valence-corrected chi connectivity index (χ4v) is 3.82. The smallest absolute Gasteiger partial charge is 0.141 e. The normalized spacial score (nSPS) is 11.0. The summed E-state index contributed by atoms with van der Waals surface area (Å²) in [6.07, 6.45) is 7.20. The van der Waals surface area contributed by atoms with Gasteiger partial charge in [-0.1, -0.05) is 23.7 Å². The Morgan fingerprint density at radius 1 is 1.00 bits per heavy atom. The van der Waals surface area contributed by atoms with Gasteiger partial charge in [0.25, 0.3) is 0 Å². The fourth-order valence-electron chi connectivity index (χ4n) is 3.58. The zero-order valence-corrected chi connectivity index (χ0v) is 18.8. The van der Waals surface area contributed by atoms with Gasteiger partial charge in [-0.05, 0) is 18.2 Å². The van der Waals surface area contributed by atoms with Crippen molar-refractivity contribution in [3.05, 3.63) is 78.2 Å². The Labute approximate surface area is 195 Å². The Morgan fingerprint density at radius 2 is 1.82 bits per heavy atom. The van der Waals surface area contributed by atoms with Crippen molar-refractivity contribution in [1.29, 1.82) is 0 Å². The SMILES string of the molecule is COc1cc(OC)c(-c2cn3cnc(-c4ccc(NCc5ncc[nH]5)cc4)cc3n2)cc1Cl. The first-order valence-electron chi connectivity index (χ1n) is 10.2. The van der Waals surface area contributed by atoms with Gasteiger partial charge in [-0.3, -0.25) is 4.40 Å². The van der Waals surface area contributed by atoms with Crippen LogP contribution in [0.3, 0.4) is 0 Å². The molecule has 0 aliphatic rings. The number of aromatic nitrogens is 5. The van der Waals surface area contributed by atoms with Crippen LogP contribution in [0.15, 0.2) is 67.4 Å². The molecule has 0 saturated heterocycles. The highest BCUT2D eigenvalue weighted by molar-refractivity contribution is 6.32. The van der Waals surface area contributed by atoms with E-state index in [0.717, 1.165) is 39.7 Å². The van der Waals surface area contributed by atoms with Crippen molar-refractivity contribution >= 4 is 22.9 Å². The Morgan fingerprint density at radius 3 is 2.55 bits per heavy atom. The second-order valence-electron chi connectivity index (χ2n) is 7.32. The number of ether oxygens (including phenoxy) is 2. The molecule has 3 heterocycles. The lowest BCUT2D eigenvalue weighted by atomic mass is 10.1. The highest BCUT2D eigenvalue weighted by Gasteiger charge is 2.15. The van der Waals surface area contributed by atoms with Crippen LogP contribution in [-0.2, 0) is 6.54 Å².